The van der Waals surface area contributed by atoms with Gasteiger partial charge in [-0.1, -0.05) is 59.1 Å². The van der Waals surface area contributed by atoms with Gasteiger partial charge in [-0.15, -0.1) is 0 Å². The van der Waals surface area contributed by atoms with E-state index in [0.717, 1.165) is 18.3 Å². The number of ketones is 1. The van der Waals surface area contributed by atoms with Crippen molar-refractivity contribution in [1.29, 1.82) is 0 Å². The molecule has 0 aromatic rings. The summed E-state index contributed by atoms with van der Waals surface area (Å²) in [5, 5.41) is 0. The quantitative estimate of drug-likeness (QED) is 0.271. The summed E-state index contributed by atoms with van der Waals surface area (Å²) in [6.07, 6.45) is 12.1. The third-order valence-corrected chi connectivity index (χ3v) is 12.7. The Kier molecular flexibility index (Phi) is 4.76. The molecular weight excluding hydrogens is 396 g/mol. The third kappa shape index (κ3) is 2.39. The fourth-order valence-corrected chi connectivity index (χ4v) is 10.6. The van der Waals surface area contributed by atoms with Crippen molar-refractivity contribution in [2.75, 3.05) is 7.11 Å². The monoisotopic (exact) mass is 440 g/mol. The molecule has 3 heteroatoms. The summed E-state index contributed by atoms with van der Waals surface area (Å²) in [5.74, 6) is 0.854. The summed E-state index contributed by atoms with van der Waals surface area (Å²) in [4.78, 5) is 24.2. The number of carbonyl (C=O) groups excluding carboxylic acids is 2. The Morgan fingerprint density at radius 2 is 1.72 bits per heavy atom. The molecule has 2 spiro atoms. The van der Waals surface area contributed by atoms with Crippen molar-refractivity contribution in [1.82, 2.24) is 0 Å². The van der Waals surface area contributed by atoms with Gasteiger partial charge in [0, 0.05) is 11.8 Å². The Hall–Kier alpha value is -1.12. The molecule has 0 saturated heterocycles. The van der Waals surface area contributed by atoms with Crippen LogP contribution in [0.1, 0.15) is 106 Å². The van der Waals surface area contributed by atoms with Crippen molar-refractivity contribution in [3.8, 4) is 0 Å². The molecule has 5 rings (SSSR count). The number of rotatable bonds is 4. The van der Waals surface area contributed by atoms with Crippen LogP contribution in [0.3, 0.4) is 0 Å². The maximum Gasteiger partial charge on any atom is 0.374 e. The van der Waals surface area contributed by atoms with Crippen molar-refractivity contribution < 1.29 is 14.3 Å². The first-order chi connectivity index (χ1) is 14.9. The van der Waals surface area contributed by atoms with Crippen molar-refractivity contribution >= 4 is 11.8 Å². The minimum Gasteiger partial charge on any atom is -0.463 e. The zero-order valence-electron chi connectivity index (χ0n) is 21.5. The first-order valence-electron chi connectivity index (χ1n) is 13.3. The van der Waals surface area contributed by atoms with Crippen LogP contribution in [0.4, 0.5) is 0 Å². The van der Waals surface area contributed by atoms with Crippen LogP contribution in [0, 0.1) is 44.8 Å². The molecule has 7 atom stereocenters. The molecule has 4 fully saturated rings. The smallest absolute Gasteiger partial charge is 0.374 e. The van der Waals surface area contributed by atoms with Crippen LogP contribution in [0.5, 0.6) is 0 Å². The number of allylic oxidation sites excluding steroid dienone is 2. The molecule has 32 heavy (non-hydrogen) atoms. The Morgan fingerprint density at radius 1 is 1.00 bits per heavy atom. The number of Topliss-reactive ketones (excluding diaryl/α,β-unsaturated/α-hetero) is 1. The molecule has 4 unspecified atom stereocenters. The Bertz CT molecular complexity index is 898. The highest BCUT2D eigenvalue weighted by Crippen LogP contribution is 2.88. The van der Waals surface area contributed by atoms with Crippen LogP contribution in [-0.4, -0.2) is 18.9 Å². The summed E-state index contributed by atoms with van der Waals surface area (Å²) in [7, 11) is 1.31. The van der Waals surface area contributed by atoms with E-state index in [-0.39, 0.29) is 22.5 Å². The fourth-order valence-electron chi connectivity index (χ4n) is 10.6. The molecule has 0 aliphatic heterocycles. The van der Waals surface area contributed by atoms with Crippen LogP contribution in [0.15, 0.2) is 11.1 Å². The molecule has 0 bridgehead atoms. The molecule has 0 aromatic carbocycles. The summed E-state index contributed by atoms with van der Waals surface area (Å²) in [6, 6.07) is 0. The van der Waals surface area contributed by atoms with E-state index in [1.165, 1.54) is 58.5 Å². The van der Waals surface area contributed by atoms with E-state index in [9.17, 15) is 9.59 Å². The van der Waals surface area contributed by atoms with Crippen LogP contribution >= 0.6 is 0 Å². The minimum atomic E-state index is -0.684. The third-order valence-electron chi connectivity index (χ3n) is 12.7. The van der Waals surface area contributed by atoms with Crippen molar-refractivity contribution in [3.63, 3.8) is 0 Å². The normalized spacial score (nSPS) is 47.0. The molecule has 0 radical (unpaired) electrons. The molecule has 0 amide bonds. The number of hydrogen-bond acceptors (Lipinski definition) is 3. The number of carbonyl (C=O) groups is 2. The fraction of sp³-hybridized carbons (Fsp3) is 0.862. The highest BCUT2D eigenvalue weighted by atomic mass is 16.5. The topological polar surface area (TPSA) is 43.4 Å². The summed E-state index contributed by atoms with van der Waals surface area (Å²) in [5.41, 5.74) is 5.37. The second-order valence-corrected chi connectivity index (χ2v) is 13.4. The van der Waals surface area contributed by atoms with Gasteiger partial charge in [0.2, 0.25) is 5.78 Å². The van der Waals surface area contributed by atoms with Gasteiger partial charge in [-0.2, -0.15) is 0 Å². The molecule has 178 valence electrons. The van der Waals surface area contributed by atoms with Gasteiger partial charge in [0.15, 0.2) is 0 Å². The van der Waals surface area contributed by atoms with Gasteiger partial charge in [0.25, 0.3) is 0 Å². The molecule has 5 aliphatic carbocycles. The first kappa shape index (κ1) is 22.7. The van der Waals surface area contributed by atoms with E-state index >= 15 is 0 Å². The maximum absolute atomic E-state index is 12.4. The summed E-state index contributed by atoms with van der Waals surface area (Å²) in [6.45, 7) is 14.8. The van der Waals surface area contributed by atoms with Gasteiger partial charge < -0.3 is 4.74 Å². The zero-order chi connectivity index (χ0) is 23.3. The lowest BCUT2D eigenvalue weighted by molar-refractivity contribution is -0.152. The van der Waals surface area contributed by atoms with Gasteiger partial charge >= 0.3 is 5.97 Å². The molecule has 0 N–H and O–H groups in total. The summed E-state index contributed by atoms with van der Waals surface area (Å²) < 4.78 is 4.71. The minimum absolute atomic E-state index is 0.0641. The van der Waals surface area contributed by atoms with E-state index in [1.807, 2.05) is 5.57 Å². The van der Waals surface area contributed by atoms with E-state index in [1.54, 1.807) is 5.57 Å². The molecule has 0 heterocycles. The number of esters is 1. The molecule has 0 aromatic heterocycles. The Morgan fingerprint density at radius 3 is 2.41 bits per heavy atom. The molecule has 5 aliphatic rings. The number of methoxy groups -OCH3 is 1. The number of fused-ring (bicyclic) bond motifs is 1. The standard InChI is InChI=1S/C29H44O3/c1-18(17-22(30)24(31)32-7)26(5)14-11-20-21-9-10-23-25(3,4)12-8-13-29(23)19(2)28(21,29)16-15-27(20,26)6/h18-19,23H,8-17H2,1-7H3/t18-,19+,23?,26?,27?,28+,29?/m1/s1. The lowest BCUT2D eigenvalue weighted by Gasteiger charge is -2.56. The average Bonchev–Trinajstić information content (AvgIpc) is 3.13. The van der Waals surface area contributed by atoms with Crippen molar-refractivity contribution in [2.45, 2.75) is 106 Å². The van der Waals surface area contributed by atoms with Gasteiger partial charge in [-0.3, -0.25) is 4.79 Å². The second-order valence-electron chi connectivity index (χ2n) is 13.4. The predicted octanol–water partition coefficient (Wildman–Crippen LogP) is 6.89. The molecular formula is C29H44O3. The predicted molar refractivity (Wildman–Crippen MR) is 127 cm³/mol. The lowest BCUT2D eigenvalue weighted by atomic mass is 9.49. The van der Waals surface area contributed by atoms with E-state index in [2.05, 4.69) is 41.5 Å². The SMILES string of the molecule is COC(=O)C(=O)C[C@@H](C)C1(C)CCC2=C3CCC4C(C)(C)CCCC45[C@@H](C)[C@@]35CCC21C. The Balaban J connectivity index is 1.51. The second kappa shape index (κ2) is 6.72. The van der Waals surface area contributed by atoms with Gasteiger partial charge in [-0.05, 0) is 90.8 Å². The number of hydrogen-bond donors (Lipinski definition) is 0. The van der Waals surface area contributed by atoms with Crippen molar-refractivity contribution in [2.24, 2.45) is 44.8 Å². The van der Waals surface area contributed by atoms with Gasteiger partial charge in [0.05, 0.1) is 7.11 Å². The largest absolute Gasteiger partial charge is 0.463 e. The lowest BCUT2D eigenvalue weighted by Crippen LogP contribution is -2.47. The molecule has 4 saturated carbocycles. The first-order valence-corrected chi connectivity index (χ1v) is 13.3. The summed E-state index contributed by atoms with van der Waals surface area (Å²) >= 11 is 0. The van der Waals surface area contributed by atoms with Crippen molar-refractivity contribution in [3.05, 3.63) is 11.1 Å². The number of ether oxygens (including phenoxy) is 1. The van der Waals surface area contributed by atoms with Gasteiger partial charge in [0.1, 0.15) is 0 Å². The Labute approximate surface area is 195 Å². The average molecular weight is 441 g/mol. The van der Waals surface area contributed by atoms with Gasteiger partial charge in [-0.25, -0.2) is 4.79 Å². The van der Waals surface area contributed by atoms with E-state index in [0.29, 0.717) is 22.7 Å². The van der Waals surface area contributed by atoms with Crippen LogP contribution in [-0.2, 0) is 14.3 Å². The van der Waals surface area contributed by atoms with E-state index in [4.69, 9.17) is 4.74 Å². The highest BCUT2D eigenvalue weighted by Gasteiger charge is 2.81. The van der Waals surface area contributed by atoms with Crippen LogP contribution in [0.25, 0.3) is 0 Å². The molecule has 3 nitrogen and oxygen atoms in total. The van der Waals surface area contributed by atoms with Crippen LogP contribution in [0.2, 0.25) is 0 Å². The van der Waals surface area contributed by atoms with E-state index < -0.39 is 5.97 Å². The highest BCUT2D eigenvalue weighted by molar-refractivity contribution is 6.33. The zero-order valence-corrected chi connectivity index (χ0v) is 21.5. The maximum atomic E-state index is 12.4. The van der Waals surface area contributed by atoms with Crippen LogP contribution < -0.4 is 0 Å².